The Morgan fingerprint density at radius 3 is 2.61 bits per heavy atom. The quantitative estimate of drug-likeness (QED) is 0.486. The maximum absolute atomic E-state index is 14.0. The van der Waals surface area contributed by atoms with Gasteiger partial charge >= 0.3 is 0 Å². The number of benzene rings is 3. The van der Waals surface area contributed by atoms with Crippen molar-refractivity contribution in [3.05, 3.63) is 108 Å². The first-order valence-corrected chi connectivity index (χ1v) is 9.41. The molecule has 4 aromatic rings. The van der Waals surface area contributed by atoms with Crippen LogP contribution in [0.3, 0.4) is 0 Å². The topological polar surface area (TPSA) is 25.2 Å². The number of carbonyl (C=O) groups is 1. The number of carbonyl (C=O) groups excluding carboxylic acids is 1. The van der Waals surface area contributed by atoms with E-state index in [4.69, 9.17) is 0 Å². The zero-order valence-electron chi connectivity index (χ0n) is 15.3. The zero-order valence-corrected chi connectivity index (χ0v) is 15.3. The van der Waals surface area contributed by atoms with Crippen molar-refractivity contribution in [2.45, 2.75) is 12.6 Å². The molecule has 0 fully saturated rings. The summed E-state index contributed by atoms with van der Waals surface area (Å²) in [5.41, 5.74) is 2.47. The summed E-state index contributed by atoms with van der Waals surface area (Å²) >= 11 is 0. The van der Waals surface area contributed by atoms with Crippen LogP contribution in [0.25, 0.3) is 10.8 Å². The van der Waals surface area contributed by atoms with Crippen LogP contribution in [0.2, 0.25) is 0 Å². The third-order valence-corrected chi connectivity index (χ3v) is 5.48. The molecule has 0 aliphatic carbocycles. The van der Waals surface area contributed by atoms with Crippen molar-refractivity contribution in [3.63, 3.8) is 0 Å². The number of fused-ring (bicyclic) bond motifs is 2. The van der Waals surface area contributed by atoms with E-state index < -0.39 is 0 Å². The fourth-order valence-corrected chi connectivity index (χ4v) is 4.20. The predicted molar refractivity (Wildman–Crippen MR) is 108 cm³/mol. The van der Waals surface area contributed by atoms with Gasteiger partial charge in [-0.25, -0.2) is 4.39 Å². The molecule has 0 bridgehead atoms. The van der Waals surface area contributed by atoms with Gasteiger partial charge in [0.05, 0.1) is 6.04 Å². The van der Waals surface area contributed by atoms with Crippen LogP contribution < -0.4 is 0 Å². The number of aromatic nitrogens is 1. The molecule has 1 aliphatic rings. The Bertz CT molecular complexity index is 1170. The van der Waals surface area contributed by atoms with E-state index in [-0.39, 0.29) is 17.8 Å². The lowest BCUT2D eigenvalue weighted by Crippen LogP contribution is -2.42. The lowest BCUT2D eigenvalue weighted by Gasteiger charge is -2.37. The summed E-state index contributed by atoms with van der Waals surface area (Å²) in [6.45, 7) is 1.30. The van der Waals surface area contributed by atoms with Gasteiger partial charge in [0.25, 0.3) is 5.91 Å². The minimum atomic E-state index is -0.314. The van der Waals surface area contributed by atoms with Gasteiger partial charge in [-0.1, -0.05) is 48.5 Å². The molecule has 1 unspecified atom stereocenters. The highest BCUT2D eigenvalue weighted by Crippen LogP contribution is 2.34. The molecule has 1 amide bonds. The van der Waals surface area contributed by atoms with Gasteiger partial charge in [0.15, 0.2) is 0 Å². The second kappa shape index (κ2) is 6.64. The second-order valence-electron chi connectivity index (χ2n) is 7.11. The molecule has 3 nitrogen and oxygen atoms in total. The van der Waals surface area contributed by atoms with Gasteiger partial charge in [-0.3, -0.25) is 4.79 Å². The van der Waals surface area contributed by atoms with Gasteiger partial charge in [-0.2, -0.15) is 0 Å². The number of rotatable bonds is 2. The summed E-state index contributed by atoms with van der Waals surface area (Å²) in [6, 6.07) is 23.9. The molecule has 3 aromatic carbocycles. The summed E-state index contributed by atoms with van der Waals surface area (Å²) in [5.74, 6) is -0.322. The summed E-state index contributed by atoms with van der Waals surface area (Å²) in [7, 11) is 0. The van der Waals surface area contributed by atoms with E-state index in [1.165, 1.54) is 12.1 Å². The smallest absolute Gasteiger partial charge is 0.255 e. The van der Waals surface area contributed by atoms with Crippen LogP contribution in [0.5, 0.6) is 0 Å². The van der Waals surface area contributed by atoms with Crippen LogP contribution in [-0.2, 0) is 6.54 Å². The summed E-state index contributed by atoms with van der Waals surface area (Å²) in [6.07, 6.45) is 2.02. The highest BCUT2D eigenvalue weighted by atomic mass is 19.1. The van der Waals surface area contributed by atoms with Gasteiger partial charge in [-0.05, 0) is 46.7 Å². The highest BCUT2D eigenvalue weighted by molar-refractivity contribution is 6.07. The first-order valence-electron chi connectivity index (χ1n) is 9.41. The van der Waals surface area contributed by atoms with Crippen molar-refractivity contribution in [2.75, 3.05) is 6.54 Å². The zero-order chi connectivity index (χ0) is 19.1. The molecule has 0 spiro atoms. The first-order chi connectivity index (χ1) is 13.7. The molecule has 0 radical (unpaired) electrons. The molecular formula is C24H19FN2O. The van der Waals surface area contributed by atoms with E-state index in [0.717, 1.165) is 28.6 Å². The Labute approximate surface area is 162 Å². The third-order valence-electron chi connectivity index (χ3n) is 5.48. The van der Waals surface area contributed by atoms with Crippen molar-refractivity contribution < 1.29 is 9.18 Å². The predicted octanol–water partition coefficient (Wildman–Crippen LogP) is 5.03. The van der Waals surface area contributed by atoms with Crippen molar-refractivity contribution in [3.8, 4) is 0 Å². The lowest BCUT2D eigenvalue weighted by molar-refractivity contribution is 0.0666. The molecule has 4 heteroatoms. The van der Waals surface area contributed by atoms with Gasteiger partial charge in [0.2, 0.25) is 0 Å². The van der Waals surface area contributed by atoms with Crippen LogP contribution in [-0.4, -0.2) is 21.9 Å². The highest BCUT2D eigenvalue weighted by Gasteiger charge is 2.33. The molecule has 0 saturated heterocycles. The molecule has 0 N–H and O–H groups in total. The van der Waals surface area contributed by atoms with Crippen LogP contribution in [0.4, 0.5) is 4.39 Å². The fourth-order valence-electron chi connectivity index (χ4n) is 4.20. The van der Waals surface area contributed by atoms with Crippen LogP contribution in [0.1, 0.15) is 27.7 Å². The van der Waals surface area contributed by atoms with Gasteiger partial charge in [0.1, 0.15) is 5.82 Å². The third kappa shape index (κ3) is 2.69. The van der Waals surface area contributed by atoms with E-state index in [1.54, 1.807) is 6.07 Å². The number of nitrogens with zero attached hydrogens (tertiary/aromatic N) is 2. The van der Waals surface area contributed by atoms with Crippen LogP contribution in [0.15, 0.2) is 85.1 Å². The number of hydrogen-bond acceptors (Lipinski definition) is 1. The van der Waals surface area contributed by atoms with E-state index in [0.29, 0.717) is 12.1 Å². The Kier molecular flexibility index (Phi) is 3.97. The van der Waals surface area contributed by atoms with Gasteiger partial charge in [0, 0.05) is 30.5 Å². The van der Waals surface area contributed by atoms with Crippen molar-refractivity contribution in [1.82, 2.24) is 9.47 Å². The lowest BCUT2D eigenvalue weighted by atomic mass is 9.97. The molecular weight excluding hydrogens is 351 g/mol. The number of amides is 1. The summed E-state index contributed by atoms with van der Waals surface area (Å²) < 4.78 is 16.1. The summed E-state index contributed by atoms with van der Waals surface area (Å²) in [5, 5.41) is 1.98. The van der Waals surface area contributed by atoms with E-state index in [2.05, 4.69) is 4.57 Å². The minimum absolute atomic E-state index is 0.0292. The first kappa shape index (κ1) is 16.8. The molecule has 138 valence electrons. The maximum Gasteiger partial charge on any atom is 0.255 e. The van der Waals surface area contributed by atoms with E-state index in [1.807, 2.05) is 71.8 Å². The second-order valence-corrected chi connectivity index (χ2v) is 7.11. The molecule has 1 aliphatic heterocycles. The Balaban J connectivity index is 1.64. The van der Waals surface area contributed by atoms with Gasteiger partial charge < -0.3 is 9.47 Å². The van der Waals surface area contributed by atoms with Crippen LogP contribution >= 0.6 is 0 Å². The van der Waals surface area contributed by atoms with Crippen molar-refractivity contribution in [1.29, 1.82) is 0 Å². The summed E-state index contributed by atoms with van der Waals surface area (Å²) in [4.78, 5) is 15.5. The van der Waals surface area contributed by atoms with Crippen LogP contribution in [0, 0.1) is 5.82 Å². The van der Waals surface area contributed by atoms with Crippen molar-refractivity contribution >= 4 is 16.7 Å². The minimum Gasteiger partial charge on any atom is -0.348 e. The fraction of sp³-hybridized carbons (Fsp3) is 0.125. The van der Waals surface area contributed by atoms with Crippen molar-refractivity contribution in [2.24, 2.45) is 0 Å². The largest absolute Gasteiger partial charge is 0.348 e. The normalized spacial score (nSPS) is 16.2. The molecule has 28 heavy (non-hydrogen) atoms. The standard InChI is InChI=1S/C24H19FN2O/c25-19-9-3-8-18(16-19)23-22-12-5-13-26(22)14-15-27(23)24(28)21-11-4-7-17-6-1-2-10-20(17)21/h1-13,16,23H,14-15H2. The van der Waals surface area contributed by atoms with E-state index in [9.17, 15) is 9.18 Å². The molecule has 1 aromatic heterocycles. The Morgan fingerprint density at radius 2 is 1.71 bits per heavy atom. The number of halogens is 1. The average molecular weight is 370 g/mol. The monoisotopic (exact) mass is 370 g/mol. The Morgan fingerprint density at radius 1 is 0.893 bits per heavy atom. The number of hydrogen-bond donors (Lipinski definition) is 0. The molecule has 0 saturated carbocycles. The van der Waals surface area contributed by atoms with Gasteiger partial charge in [-0.15, -0.1) is 0 Å². The maximum atomic E-state index is 14.0. The average Bonchev–Trinajstić information content (AvgIpc) is 3.21. The van der Waals surface area contributed by atoms with E-state index >= 15 is 0 Å². The SMILES string of the molecule is O=C(c1cccc2ccccc12)N1CCn2cccc2C1c1cccc(F)c1. The molecule has 2 heterocycles. The Hall–Kier alpha value is -3.40. The molecule has 1 atom stereocenters. The molecule has 5 rings (SSSR count).